The van der Waals surface area contributed by atoms with Crippen LogP contribution in [0.2, 0.25) is 0 Å². The topological polar surface area (TPSA) is 71.1 Å². The van der Waals surface area contributed by atoms with Gasteiger partial charge in [-0.25, -0.2) is 0 Å². The molecule has 186 valence electrons. The van der Waals surface area contributed by atoms with Gasteiger partial charge in [0, 0.05) is 12.8 Å². The Morgan fingerprint density at radius 1 is 0.594 bits per heavy atom. The molecule has 2 aliphatic rings. The van der Waals surface area contributed by atoms with Crippen LogP contribution in [0.5, 0.6) is 0 Å². The van der Waals surface area contributed by atoms with Gasteiger partial charge >= 0.3 is 11.9 Å². The molecular weight excluding hydrogens is 408 g/mol. The van der Waals surface area contributed by atoms with Crippen LogP contribution in [0.1, 0.15) is 117 Å². The van der Waals surface area contributed by atoms with Crippen molar-refractivity contribution < 1.29 is 28.5 Å². The predicted octanol–water partition coefficient (Wildman–Crippen LogP) is 5.89. The SMILES string of the molecule is CCCCCCCCCC(=O)OC1COC2C(OC(=O)CCCCCCCCC)COC12. The molecule has 4 atom stereocenters. The molecule has 2 fully saturated rings. The molecule has 2 heterocycles. The van der Waals surface area contributed by atoms with Crippen molar-refractivity contribution in [2.24, 2.45) is 0 Å². The molecule has 0 radical (unpaired) electrons. The Labute approximate surface area is 195 Å². The summed E-state index contributed by atoms with van der Waals surface area (Å²) in [7, 11) is 0. The normalized spacial score (nSPS) is 24.4. The number of esters is 2. The molecule has 6 nitrogen and oxygen atoms in total. The lowest BCUT2D eigenvalue weighted by atomic mass is 10.1. The molecule has 0 saturated carbocycles. The zero-order valence-electron chi connectivity index (χ0n) is 20.5. The predicted molar refractivity (Wildman–Crippen MR) is 124 cm³/mol. The first-order valence-corrected chi connectivity index (χ1v) is 13.3. The van der Waals surface area contributed by atoms with Crippen LogP contribution in [0.3, 0.4) is 0 Å². The quantitative estimate of drug-likeness (QED) is 0.190. The van der Waals surface area contributed by atoms with Crippen LogP contribution in [-0.2, 0) is 28.5 Å². The lowest BCUT2D eigenvalue weighted by Crippen LogP contribution is -2.35. The monoisotopic (exact) mass is 454 g/mol. The molecule has 4 unspecified atom stereocenters. The number of fused-ring (bicyclic) bond motifs is 1. The van der Waals surface area contributed by atoms with E-state index in [1.54, 1.807) is 0 Å². The second kappa shape index (κ2) is 16.5. The maximum Gasteiger partial charge on any atom is 0.306 e. The molecule has 6 heteroatoms. The van der Waals surface area contributed by atoms with Gasteiger partial charge in [-0.3, -0.25) is 9.59 Å². The van der Waals surface area contributed by atoms with Crippen molar-refractivity contribution in [3.05, 3.63) is 0 Å². The van der Waals surface area contributed by atoms with Crippen LogP contribution < -0.4 is 0 Å². The molecule has 2 rings (SSSR count). The van der Waals surface area contributed by atoms with E-state index in [9.17, 15) is 9.59 Å². The van der Waals surface area contributed by atoms with Crippen molar-refractivity contribution in [2.75, 3.05) is 13.2 Å². The molecule has 0 bridgehead atoms. The van der Waals surface area contributed by atoms with Crippen LogP contribution >= 0.6 is 0 Å². The average Bonchev–Trinajstić information content (AvgIpc) is 3.36. The average molecular weight is 455 g/mol. The van der Waals surface area contributed by atoms with Gasteiger partial charge in [0.2, 0.25) is 0 Å². The number of hydrogen-bond acceptors (Lipinski definition) is 6. The van der Waals surface area contributed by atoms with E-state index in [4.69, 9.17) is 18.9 Å². The Hall–Kier alpha value is -1.14. The Bertz CT molecular complexity index is 476. The number of unbranched alkanes of at least 4 members (excludes halogenated alkanes) is 12. The fourth-order valence-electron chi connectivity index (χ4n) is 4.54. The van der Waals surface area contributed by atoms with Crippen molar-refractivity contribution in [2.45, 2.75) is 141 Å². The van der Waals surface area contributed by atoms with Crippen LogP contribution in [0.4, 0.5) is 0 Å². The summed E-state index contributed by atoms with van der Waals surface area (Å²) >= 11 is 0. The fourth-order valence-corrected chi connectivity index (χ4v) is 4.54. The second-order valence-electron chi connectivity index (χ2n) is 9.40. The number of ether oxygens (including phenoxy) is 4. The second-order valence-corrected chi connectivity index (χ2v) is 9.40. The van der Waals surface area contributed by atoms with Gasteiger partial charge in [-0.15, -0.1) is 0 Å². The largest absolute Gasteiger partial charge is 0.457 e. The first kappa shape index (κ1) is 27.1. The summed E-state index contributed by atoms with van der Waals surface area (Å²) in [6, 6.07) is 0. The van der Waals surface area contributed by atoms with Crippen LogP contribution in [0.15, 0.2) is 0 Å². The van der Waals surface area contributed by atoms with Gasteiger partial charge < -0.3 is 18.9 Å². The van der Waals surface area contributed by atoms with Gasteiger partial charge in [0.25, 0.3) is 0 Å². The van der Waals surface area contributed by atoms with Crippen molar-refractivity contribution in [1.82, 2.24) is 0 Å². The summed E-state index contributed by atoms with van der Waals surface area (Å²) in [4.78, 5) is 24.4. The van der Waals surface area contributed by atoms with Crippen molar-refractivity contribution in [3.63, 3.8) is 0 Å². The third-order valence-corrected chi connectivity index (χ3v) is 6.50. The zero-order valence-corrected chi connectivity index (χ0v) is 20.5. The number of carbonyl (C=O) groups excluding carboxylic acids is 2. The highest BCUT2D eigenvalue weighted by molar-refractivity contribution is 5.70. The maximum atomic E-state index is 12.2. The molecule has 0 aromatic carbocycles. The van der Waals surface area contributed by atoms with Crippen molar-refractivity contribution in [1.29, 1.82) is 0 Å². The van der Waals surface area contributed by atoms with Gasteiger partial charge in [0.1, 0.15) is 12.2 Å². The minimum Gasteiger partial charge on any atom is -0.457 e. The molecule has 2 saturated heterocycles. The molecule has 0 amide bonds. The fraction of sp³-hybridized carbons (Fsp3) is 0.923. The number of hydrogen-bond donors (Lipinski definition) is 0. The van der Waals surface area contributed by atoms with Gasteiger partial charge in [0.15, 0.2) is 12.2 Å². The molecule has 0 aliphatic carbocycles. The zero-order chi connectivity index (χ0) is 23.0. The summed E-state index contributed by atoms with van der Waals surface area (Å²) in [6.45, 7) is 5.05. The van der Waals surface area contributed by atoms with E-state index in [0.29, 0.717) is 26.1 Å². The Morgan fingerprint density at radius 3 is 1.31 bits per heavy atom. The summed E-state index contributed by atoms with van der Waals surface area (Å²) in [5, 5.41) is 0. The smallest absolute Gasteiger partial charge is 0.306 e. The lowest BCUT2D eigenvalue weighted by Gasteiger charge is -2.17. The highest BCUT2D eigenvalue weighted by Crippen LogP contribution is 2.31. The molecule has 2 aliphatic heterocycles. The van der Waals surface area contributed by atoms with Gasteiger partial charge in [-0.05, 0) is 12.8 Å². The lowest BCUT2D eigenvalue weighted by molar-refractivity contribution is -0.155. The van der Waals surface area contributed by atoms with Crippen LogP contribution in [-0.4, -0.2) is 49.6 Å². The van der Waals surface area contributed by atoms with E-state index in [1.807, 2.05) is 0 Å². The van der Waals surface area contributed by atoms with Crippen LogP contribution in [0, 0.1) is 0 Å². The minimum atomic E-state index is -0.399. The Balaban J connectivity index is 1.55. The first-order valence-electron chi connectivity index (χ1n) is 13.3. The molecule has 0 aromatic heterocycles. The van der Waals surface area contributed by atoms with E-state index in [1.165, 1.54) is 64.2 Å². The molecule has 0 aromatic rings. The maximum absolute atomic E-state index is 12.2. The number of carbonyl (C=O) groups is 2. The van der Waals surface area contributed by atoms with Crippen LogP contribution in [0.25, 0.3) is 0 Å². The van der Waals surface area contributed by atoms with E-state index < -0.39 is 12.2 Å². The molecule has 32 heavy (non-hydrogen) atoms. The Morgan fingerprint density at radius 2 is 0.938 bits per heavy atom. The summed E-state index contributed by atoms with van der Waals surface area (Å²) in [5.74, 6) is -0.369. The van der Waals surface area contributed by atoms with Gasteiger partial charge in [-0.1, -0.05) is 90.9 Å². The van der Waals surface area contributed by atoms with Gasteiger partial charge in [0.05, 0.1) is 13.2 Å². The van der Waals surface area contributed by atoms with E-state index in [-0.39, 0.29) is 24.1 Å². The third kappa shape index (κ3) is 10.2. The standard InChI is InChI=1S/C26H46O6/c1-3-5-7-9-11-13-15-17-23(27)31-21-19-29-26-22(20-30-25(21)26)32-24(28)18-16-14-12-10-8-6-4-2/h21-22,25-26H,3-20H2,1-2H3. The third-order valence-electron chi connectivity index (χ3n) is 6.50. The Kier molecular flexibility index (Phi) is 14.0. The highest BCUT2D eigenvalue weighted by Gasteiger charge is 2.51. The van der Waals surface area contributed by atoms with Gasteiger partial charge in [-0.2, -0.15) is 0 Å². The summed E-state index contributed by atoms with van der Waals surface area (Å²) < 4.78 is 22.8. The van der Waals surface area contributed by atoms with Crippen molar-refractivity contribution in [3.8, 4) is 0 Å². The van der Waals surface area contributed by atoms with Crippen molar-refractivity contribution >= 4 is 11.9 Å². The number of rotatable bonds is 18. The van der Waals surface area contributed by atoms with E-state index >= 15 is 0 Å². The summed E-state index contributed by atoms with van der Waals surface area (Å²) in [5.41, 5.74) is 0. The summed E-state index contributed by atoms with van der Waals surface area (Å²) in [6.07, 6.45) is 15.8. The highest BCUT2D eigenvalue weighted by atomic mass is 16.7. The first-order chi connectivity index (χ1) is 15.7. The molecule has 0 spiro atoms. The minimum absolute atomic E-state index is 0.184. The van der Waals surface area contributed by atoms with E-state index in [0.717, 1.165) is 25.7 Å². The van der Waals surface area contributed by atoms with E-state index in [2.05, 4.69) is 13.8 Å². The molecular formula is C26H46O6. The molecule has 0 N–H and O–H groups in total.